The number of piperazine rings is 1. The quantitative estimate of drug-likeness (QED) is 0.842. The molecule has 1 saturated heterocycles. The van der Waals surface area contributed by atoms with Gasteiger partial charge in [0.25, 0.3) is 0 Å². The highest BCUT2D eigenvalue weighted by atomic mass is 35.5. The van der Waals surface area contributed by atoms with Crippen molar-refractivity contribution < 1.29 is 0 Å². The maximum Gasteiger partial charge on any atom is 0.225 e. The van der Waals surface area contributed by atoms with Crippen molar-refractivity contribution in [2.75, 3.05) is 36.0 Å². The van der Waals surface area contributed by atoms with E-state index in [2.05, 4.69) is 30.2 Å². The van der Waals surface area contributed by atoms with E-state index in [0.717, 1.165) is 37.1 Å². The Kier molecular flexibility index (Phi) is 3.67. The van der Waals surface area contributed by atoms with E-state index in [0.29, 0.717) is 10.7 Å². The number of hydrogen-bond acceptors (Lipinski definition) is 7. The zero-order chi connectivity index (χ0) is 13.9. The summed E-state index contributed by atoms with van der Waals surface area (Å²) < 4.78 is 4.04. The third-order valence-corrected chi connectivity index (χ3v) is 4.43. The van der Waals surface area contributed by atoms with Gasteiger partial charge in [0.05, 0.1) is 0 Å². The molecule has 20 heavy (non-hydrogen) atoms. The summed E-state index contributed by atoms with van der Waals surface area (Å²) in [6.07, 6.45) is 3.48. The Bertz CT molecular complexity index is 629. The third kappa shape index (κ3) is 2.40. The van der Waals surface area contributed by atoms with Gasteiger partial charge in [-0.15, -0.1) is 0 Å². The van der Waals surface area contributed by atoms with E-state index in [1.165, 1.54) is 11.5 Å². The number of nitrogens with zero attached hydrogens (tertiary/aromatic N) is 6. The van der Waals surface area contributed by atoms with Crippen LogP contribution in [-0.4, -0.2) is 40.5 Å². The second-order valence-electron chi connectivity index (χ2n) is 4.29. The van der Waals surface area contributed by atoms with Crippen molar-refractivity contribution in [3.8, 4) is 6.07 Å². The molecule has 8 heteroatoms. The van der Waals surface area contributed by atoms with Gasteiger partial charge in [0.15, 0.2) is 5.15 Å². The molecule has 3 heterocycles. The van der Waals surface area contributed by atoms with E-state index < -0.39 is 0 Å². The van der Waals surface area contributed by atoms with Crippen LogP contribution in [0.5, 0.6) is 0 Å². The van der Waals surface area contributed by atoms with Crippen LogP contribution in [0.4, 0.5) is 10.9 Å². The normalized spacial score (nSPS) is 15.2. The molecule has 0 radical (unpaired) electrons. The topological polar surface area (TPSA) is 68.9 Å². The summed E-state index contributed by atoms with van der Waals surface area (Å²) in [5, 5.41) is 10.3. The monoisotopic (exact) mass is 306 g/mol. The maximum atomic E-state index is 9.12. The second kappa shape index (κ2) is 5.61. The Balaban J connectivity index is 1.71. The van der Waals surface area contributed by atoms with Crippen molar-refractivity contribution >= 4 is 34.1 Å². The second-order valence-corrected chi connectivity index (χ2v) is 5.40. The molecule has 1 aliphatic heterocycles. The highest BCUT2D eigenvalue weighted by Crippen LogP contribution is 2.31. The minimum Gasteiger partial charge on any atom is -0.358 e. The molecule has 0 aromatic carbocycles. The smallest absolute Gasteiger partial charge is 0.225 e. The first-order valence-electron chi connectivity index (χ1n) is 6.12. The third-order valence-electron chi connectivity index (χ3n) is 3.15. The molecule has 1 aliphatic rings. The molecule has 0 unspecified atom stereocenters. The molecule has 102 valence electrons. The lowest BCUT2D eigenvalue weighted by atomic mass is 10.3. The van der Waals surface area contributed by atoms with Gasteiger partial charge in [-0.05, 0) is 17.6 Å². The molecule has 3 rings (SSSR count). The molecule has 0 amide bonds. The zero-order valence-corrected chi connectivity index (χ0v) is 12.1. The molecule has 0 spiro atoms. The fourth-order valence-corrected chi connectivity index (χ4v) is 3.22. The molecule has 0 atom stereocenters. The standard InChI is InChI=1S/C12H11ClN6S/c13-10-9(8-14)11(20-17-10)18-4-6-19(7-5-18)12-15-2-1-3-16-12/h1-3H,4-7H2. The molecular formula is C12H11ClN6S. The van der Waals surface area contributed by atoms with Crippen LogP contribution in [-0.2, 0) is 0 Å². The SMILES string of the molecule is N#Cc1c(Cl)nsc1N1CCN(c2ncccn2)CC1. The predicted molar refractivity (Wildman–Crippen MR) is 78.3 cm³/mol. The van der Waals surface area contributed by atoms with E-state index in [1.807, 2.05) is 0 Å². The molecule has 2 aromatic heterocycles. The fourth-order valence-electron chi connectivity index (χ4n) is 2.14. The van der Waals surface area contributed by atoms with Gasteiger partial charge in [-0.1, -0.05) is 11.6 Å². The summed E-state index contributed by atoms with van der Waals surface area (Å²) in [6.45, 7) is 3.21. The van der Waals surface area contributed by atoms with Crippen LogP contribution in [0, 0.1) is 11.3 Å². The van der Waals surface area contributed by atoms with Crippen molar-refractivity contribution in [1.29, 1.82) is 5.26 Å². The highest BCUT2D eigenvalue weighted by Gasteiger charge is 2.23. The molecule has 0 aliphatic carbocycles. The summed E-state index contributed by atoms with van der Waals surface area (Å²) in [4.78, 5) is 12.8. The maximum absolute atomic E-state index is 9.12. The van der Waals surface area contributed by atoms with Gasteiger partial charge in [-0.3, -0.25) is 0 Å². The van der Waals surface area contributed by atoms with Crippen LogP contribution < -0.4 is 9.80 Å². The van der Waals surface area contributed by atoms with Crippen molar-refractivity contribution in [3.63, 3.8) is 0 Å². The van der Waals surface area contributed by atoms with Gasteiger partial charge >= 0.3 is 0 Å². The Labute approximate surface area is 125 Å². The first-order valence-corrected chi connectivity index (χ1v) is 7.27. The van der Waals surface area contributed by atoms with E-state index >= 15 is 0 Å². The van der Waals surface area contributed by atoms with Gasteiger partial charge in [0, 0.05) is 38.6 Å². The first kappa shape index (κ1) is 13.1. The first-order chi connectivity index (χ1) is 9.79. The lowest BCUT2D eigenvalue weighted by molar-refractivity contribution is 0.643. The molecule has 2 aromatic rings. The van der Waals surface area contributed by atoms with E-state index in [-0.39, 0.29) is 0 Å². The van der Waals surface area contributed by atoms with Crippen molar-refractivity contribution in [2.24, 2.45) is 0 Å². The van der Waals surface area contributed by atoms with Gasteiger partial charge in [-0.25, -0.2) is 9.97 Å². The van der Waals surface area contributed by atoms with Gasteiger partial charge in [0.2, 0.25) is 5.95 Å². The molecular weight excluding hydrogens is 296 g/mol. The van der Waals surface area contributed by atoms with Crippen molar-refractivity contribution in [3.05, 3.63) is 29.2 Å². The summed E-state index contributed by atoms with van der Waals surface area (Å²) in [6, 6.07) is 3.92. The van der Waals surface area contributed by atoms with Gasteiger partial charge in [-0.2, -0.15) is 9.64 Å². The number of rotatable bonds is 2. The number of nitriles is 1. The average Bonchev–Trinajstić information content (AvgIpc) is 2.89. The number of hydrogen-bond donors (Lipinski definition) is 0. The number of anilines is 2. The Hall–Kier alpha value is -1.91. The molecule has 1 fully saturated rings. The van der Waals surface area contributed by atoms with Gasteiger partial charge in [0.1, 0.15) is 16.6 Å². The van der Waals surface area contributed by atoms with Crippen LogP contribution in [0.3, 0.4) is 0 Å². The van der Waals surface area contributed by atoms with Crippen LogP contribution >= 0.6 is 23.1 Å². The summed E-state index contributed by atoms with van der Waals surface area (Å²) >= 11 is 7.18. The van der Waals surface area contributed by atoms with Gasteiger partial charge < -0.3 is 9.80 Å². The van der Waals surface area contributed by atoms with Crippen LogP contribution in [0.15, 0.2) is 18.5 Å². The van der Waals surface area contributed by atoms with Crippen molar-refractivity contribution in [1.82, 2.24) is 14.3 Å². The largest absolute Gasteiger partial charge is 0.358 e. The van der Waals surface area contributed by atoms with E-state index in [9.17, 15) is 0 Å². The Morgan fingerprint density at radius 3 is 2.45 bits per heavy atom. The fraction of sp³-hybridized carbons (Fsp3) is 0.333. The predicted octanol–water partition coefficient (Wildman–Crippen LogP) is 1.78. The van der Waals surface area contributed by atoms with Crippen LogP contribution in [0.2, 0.25) is 5.15 Å². The number of halogens is 1. The highest BCUT2D eigenvalue weighted by molar-refractivity contribution is 7.10. The summed E-state index contributed by atoms with van der Waals surface area (Å²) in [7, 11) is 0. The minimum absolute atomic E-state index is 0.293. The van der Waals surface area contributed by atoms with Crippen LogP contribution in [0.1, 0.15) is 5.56 Å². The minimum atomic E-state index is 0.293. The molecule has 0 saturated carbocycles. The lowest BCUT2D eigenvalue weighted by Crippen LogP contribution is -2.47. The molecule has 0 N–H and O–H groups in total. The molecule has 0 bridgehead atoms. The Morgan fingerprint density at radius 2 is 1.80 bits per heavy atom. The summed E-state index contributed by atoms with van der Waals surface area (Å²) in [5.41, 5.74) is 0.473. The van der Waals surface area contributed by atoms with Crippen molar-refractivity contribution in [2.45, 2.75) is 0 Å². The van der Waals surface area contributed by atoms with E-state index in [4.69, 9.17) is 16.9 Å². The van der Waals surface area contributed by atoms with E-state index in [1.54, 1.807) is 18.5 Å². The Morgan fingerprint density at radius 1 is 1.15 bits per heavy atom. The average molecular weight is 307 g/mol. The van der Waals surface area contributed by atoms with Crippen LogP contribution in [0.25, 0.3) is 0 Å². The lowest BCUT2D eigenvalue weighted by Gasteiger charge is -2.35. The zero-order valence-electron chi connectivity index (χ0n) is 10.5. The number of aromatic nitrogens is 3. The summed E-state index contributed by atoms with van der Waals surface area (Å²) in [5.74, 6) is 0.745. The molecule has 6 nitrogen and oxygen atoms in total.